The Morgan fingerprint density at radius 1 is 1.23 bits per heavy atom. The van der Waals surface area contributed by atoms with Gasteiger partial charge in [-0.1, -0.05) is 39.8 Å². The number of nitrogen functional groups attached to an aromatic ring is 1. The van der Waals surface area contributed by atoms with Crippen LogP contribution in [-0.4, -0.2) is 20.6 Å². The van der Waals surface area contributed by atoms with Crippen LogP contribution in [-0.2, 0) is 0 Å². The van der Waals surface area contributed by atoms with Gasteiger partial charge in [0.25, 0.3) is 0 Å². The van der Waals surface area contributed by atoms with E-state index in [-0.39, 0.29) is 16.8 Å². The van der Waals surface area contributed by atoms with Crippen molar-refractivity contribution >= 4 is 62.8 Å². The number of hydrogen-bond acceptors (Lipinski definition) is 8. The molecule has 11 heteroatoms. The lowest BCUT2D eigenvalue weighted by Crippen LogP contribution is -2.53. The number of benzene rings is 1. The molecule has 212 valence electrons. The lowest BCUT2D eigenvalue weighted by molar-refractivity contribution is 0.297. The normalized spacial score (nSPS) is 16.0. The van der Waals surface area contributed by atoms with Gasteiger partial charge in [0.15, 0.2) is 11.1 Å². The molecule has 0 saturated heterocycles. The van der Waals surface area contributed by atoms with Crippen molar-refractivity contribution in [2.45, 2.75) is 72.9 Å². The summed E-state index contributed by atoms with van der Waals surface area (Å²) >= 11 is 3.80. The van der Waals surface area contributed by atoms with Crippen molar-refractivity contribution in [1.29, 1.82) is 0 Å². The van der Waals surface area contributed by atoms with Gasteiger partial charge < -0.3 is 21.6 Å². The zero-order valence-electron chi connectivity index (χ0n) is 23.9. The Bertz CT molecular complexity index is 1330. The van der Waals surface area contributed by atoms with Crippen LogP contribution in [0.4, 0.5) is 5.69 Å². The monoisotopic (exact) mass is 682 g/mol. The molecule has 5 N–H and O–H groups in total. The molecule has 1 unspecified atom stereocenters. The molecule has 1 atom stereocenters. The van der Waals surface area contributed by atoms with Gasteiger partial charge in [0.1, 0.15) is 0 Å². The van der Waals surface area contributed by atoms with Gasteiger partial charge in [0, 0.05) is 45.0 Å². The van der Waals surface area contributed by atoms with E-state index in [1.807, 2.05) is 56.6 Å². The second-order valence-electron chi connectivity index (χ2n) is 9.74. The number of halogens is 1. The molecule has 3 heterocycles. The van der Waals surface area contributed by atoms with E-state index in [9.17, 15) is 4.91 Å². The van der Waals surface area contributed by atoms with Gasteiger partial charge in [-0.25, -0.2) is 4.45 Å². The van der Waals surface area contributed by atoms with Crippen LogP contribution in [0.15, 0.2) is 47.4 Å². The molecule has 4 rings (SSSR count). The Kier molecular flexibility index (Phi) is 12.2. The zero-order valence-corrected chi connectivity index (χ0v) is 27.9. The van der Waals surface area contributed by atoms with Crippen LogP contribution < -0.4 is 21.6 Å². The lowest BCUT2D eigenvalue weighted by Gasteiger charge is -2.41. The molecule has 39 heavy (non-hydrogen) atoms. The Labute approximate surface area is 250 Å². The van der Waals surface area contributed by atoms with Crippen molar-refractivity contribution in [3.8, 4) is 16.9 Å². The minimum absolute atomic E-state index is 0.0412. The van der Waals surface area contributed by atoms with Crippen molar-refractivity contribution in [1.82, 2.24) is 14.9 Å². The van der Waals surface area contributed by atoms with Gasteiger partial charge in [-0.2, -0.15) is 5.10 Å². The van der Waals surface area contributed by atoms with Gasteiger partial charge in [-0.05, 0) is 85.5 Å². The van der Waals surface area contributed by atoms with Gasteiger partial charge in [-0.15, -0.1) is 16.2 Å². The maximum absolute atomic E-state index is 11.0. The second-order valence-corrected chi connectivity index (χ2v) is 12.7. The summed E-state index contributed by atoms with van der Waals surface area (Å²) < 4.78 is 1.84. The molecule has 1 aliphatic rings. The number of nitrogens with one attached hydrogen (secondary N) is 1. The summed E-state index contributed by atoms with van der Waals surface area (Å²) in [6, 6.07) is 5.47. The zero-order chi connectivity index (χ0) is 29.4. The fraction of sp³-hybridized carbons (Fsp3) is 0.393. The molecular formula is C28H40IN6O2PS. The van der Waals surface area contributed by atoms with Crippen LogP contribution in [0, 0.1) is 4.91 Å². The van der Waals surface area contributed by atoms with E-state index >= 15 is 0 Å². The van der Waals surface area contributed by atoms with E-state index in [4.69, 9.17) is 16.3 Å². The predicted molar refractivity (Wildman–Crippen MR) is 179 cm³/mol. The van der Waals surface area contributed by atoms with Gasteiger partial charge >= 0.3 is 0 Å². The fourth-order valence-electron chi connectivity index (χ4n) is 4.62. The lowest BCUT2D eigenvalue weighted by atomic mass is 9.81. The average molecular weight is 683 g/mol. The third-order valence-corrected chi connectivity index (χ3v) is 8.60. The number of aromatic nitrogens is 2. The van der Waals surface area contributed by atoms with Crippen molar-refractivity contribution in [2.24, 2.45) is 11.1 Å². The quantitative estimate of drug-likeness (QED) is 0.0995. The number of nitrogens with two attached hydrogens (primary N) is 2. The summed E-state index contributed by atoms with van der Waals surface area (Å²) in [5.74, 6) is 0.274. The highest BCUT2D eigenvalue weighted by Gasteiger charge is 2.33. The number of rotatable bonds is 7. The van der Waals surface area contributed by atoms with E-state index in [0.717, 1.165) is 28.0 Å². The number of anilines is 1. The summed E-state index contributed by atoms with van der Waals surface area (Å²) in [6.07, 6.45) is 9.13. The van der Waals surface area contributed by atoms with E-state index in [2.05, 4.69) is 76.9 Å². The first kappa shape index (κ1) is 32.9. The first-order chi connectivity index (χ1) is 18.5. The molecule has 8 nitrogen and oxygen atoms in total. The summed E-state index contributed by atoms with van der Waals surface area (Å²) in [4.78, 5) is 16.9. The Hall–Kier alpha value is -2.27. The van der Waals surface area contributed by atoms with Gasteiger partial charge in [0.2, 0.25) is 0 Å². The molecule has 0 amide bonds. The molecule has 0 aliphatic carbocycles. The van der Waals surface area contributed by atoms with Crippen molar-refractivity contribution in [3.63, 3.8) is 0 Å². The Balaban J connectivity index is 0.00000127. The maximum atomic E-state index is 11.0. The summed E-state index contributed by atoms with van der Waals surface area (Å²) in [7, 11) is 0. The number of thiophene rings is 1. The summed E-state index contributed by atoms with van der Waals surface area (Å²) in [5.41, 5.74) is 18.6. The first-order valence-corrected chi connectivity index (χ1v) is 17.9. The Morgan fingerprint density at radius 3 is 2.51 bits per heavy atom. The van der Waals surface area contributed by atoms with Crippen LogP contribution in [0.1, 0.15) is 77.8 Å². The smallest absolute Gasteiger partial charge is 0.171 e. The SMILES string of the molecule is CC.CC.CC1(C)C=C(c2csc(/C=C(\N)c3ccc(-c4cnn(PI)c4)cc3ON=O)c2N)CC(C)(C)N1. The van der Waals surface area contributed by atoms with Gasteiger partial charge in [0.05, 0.1) is 23.1 Å². The van der Waals surface area contributed by atoms with Crippen LogP contribution in [0.3, 0.4) is 0 Å². The molecule has 2 aromatic heterocycles. The van der Waals surface area contributed by atoms with Crippen molar-refractivity contribution in [2.75, 3.05) is 5.73 Å². The Morgan fingerprint density at radius 2 is 1.92 bits per heavy atom. The molecule has 1 aromatic carbocycles. The first-order valence-electron chi connectivity index (χ1n) is 12.9. The maximum Gasteiger partial charge on any atom is 0.171 e. The summed E-state index contributed by atoms with van der Waals surface area (Å²) in [6.45, 7) is 16.7. The minimum Gasteiger partial charge on any atom is -0.398 e. The highest BCUT2D eigenvalue weighted by Crippen LogP contribution is 2.40. The molecule has 0 bridgehead atoms. The van der Waals surface area contributed by atoms with E-state index < -0.39 is 0 Å². The standard InChI is InChI=1S/C24H28IN6O2PS.2C2H6/c1-23(2)9-15(10-24(3,4)29-23)18-13-35-21(22(18)27)8-19(26)17-6-5-14(7-20(17)33-30-32)16-11-28-31(12-16)34-25;2*1-2/h5-9,11-13,29,34H,10,26-27H2,1-4H3;2*1-2H3/b19-8-;;. The molecule has 3 aromatic rings. The number of nitrogens with zero attached hydrogens (tertiary/aromatic N) is 3. The number of hydrogen-bond donors (Lipinski definition) is 3. The van der Waals surface area contributed by atoms with Crippen LogP contribution in [0.2, 0.25) is 0 Å². The third kappa shape index (κ3) is 8.36. The van der Waals surface area contributed by atoms with Crippen LogP contribution in [0.5, 0.6) is 5.75 Å². The van der Waals surface area contributed by atoms with E-state index in [1.165, 1.54) is 16.9 Å². The second kappa shape index (κ2) is 14.4. The molecule has 1 aliphatic heterocycles. The molecule has 0 radical (unpaired) electrons. The minimum atomic E-state index is -0.135. The van der Waals surface area contributed by atoms with E-state index in [0.29, 0.717) is 23.3 Å². The van der Waals surface area contributed by atoms with Crippen molar-refractivity contribution < 1.29 is 4.84 Å². The van der Waals surface area contributed by atoms with Gasteiger partial charge in [-0.3, -0.25) is 0 Å². The molecule has 0 saturated carbocycles. The summed E-state index contributed by atoms with van der Waals surface area (Å²) in [5, 5.41) is 12.7. The largest absolute Gasteiger partial charge is 0.398 e. The van der Waals surface area contributed by atoms with Crippen molar-refractivity contribution in [3.05, 3.63) is 63.0 Å². The highest BCUT2D eigenvalue weighted by atomic mass is 127. The fourth-order valence-corrected chi connectivity index (χ4v) is 6.66. The topological polar surface area (TPSA) is 121 Å². The predicted octanol–water partition coefficient (Wildman–Crippen LogP) is 8.49. The van der Waals surface area contributed by atoms with E-state index in [1.54, 1.807) is 12.3 Å². The molecular weight excluding hydrogens is 642 g/mol. The molecule has 0 fully saturated rings. The highest BCUT2D eigenvalue weighted by molar-refractivity contribution is 14.2. The van der Waals surface area contributed by atoms with Crippen LogP contribution >= 0.6 is 39.8 Å². The van der Waals surface area contributed by atoms with Crippen LogP contribution in [0.25, 0.3) is 28.5 Å². The average Bonchev–Trinajstić information content (AvgIpc) is 3.52. The third-order valence-electron chi connectivity index (χ3n) is 5.75. The molecule has 0 spiro atoms.